The lowest BCUT2D eigenvalue weighted by Crippen LogP contribution is -2.36. The Kier molecular flexibility index (Phi) is 21.3. The molecule has 2 aliphatic rings. The Morgan fingerprint density at radius 1 is 0.682 bits per heavy atom. The number of carboxylic acid groups (broad SMARTS) is 2. The number of aromatic nitrogens is 2. The number of aryl methyl sites for hydroxylation is 4. The molecule has 6 unspecified atom stereocenters. The van der Waals surface area contributed by atoms with Crippen molar-refractivity contribution in [3.8, 4) is 22.9 Å². The summed E-state index contributed by atoms with van der Waals surface area (Å²) in [7, 11) is -3.71. The van der Waals surface area contributed by atoms with Gasteiger partial charge in [-0.25, -0.2) is 18.4 Å². The van der Waals surface area contributed by atoms with E-state index in [1.165, 1.54) is 11.1 Å². The number of oxazole rings is 2. The van der Waals surface area contributed by atoms with Gasteiger partial charge >= 0.3 is 11.9 Å². The van der Waals surface area contributed by atoms with Crippen LogP contribution in [0.1, 0.15) is 151 Å². The van der Waals surface area contributed by atoms with Gasteiger partial charge in [0.05, 0.1) is 31.2 Å². The highest BCUT2D eigenvalue weighted by Gasteiger charge is 2.36. The van der Waals surface area contributed by atoms with Gasteiger partial charge in [0.1, 0.15) is 28.2 Å². The van der Waals surface area contributed by atoms with Crippen molar-refractivity contribution in [3.63, 3.8) is 0 Å². The number of carboxylic acids is 2. The molecule has 364 valence electrons. The summed E-state index contributed by atoms with van der Waals surface area (Å²) in [4.78, 5) is 32.5. The van der Waals surface area contributed by atoms with Crippen molar-refractivity contribution in [3.05, 3.63) is 82.6 Å². The van der Waals surface area contributed by atoms with Crippen molar-refractivity contribution in [1.82, 2.24) is 9.97 Å². The van der Waals surface area contributed by atoms with Crippen LogP contribution in [0.4, 0.5) is 0 Å². The molecule has 0 spiro atoms. The minimum Gasteiger partial charge on any atom is -0.480 e. The van der Waals surface area contributed by atoms with Gasteiger partial charge in [0.2, 0.25) is 11.8 Å². The summed E-state index contributed by atoms with van der Waals surface area (Å²) in [5.41, 5.74) is 5.87. The van der Waals surface area contributed by atoms with Crippen LogP contribution in [0, 0.1) is 39.5 Å². The first-order valence-electron chi connectivity index (χ1n) is 24.2. The summed E-state index contributed by atoms with van der Waals surface area (Å²) < 4.78 is 49.8. The topological polar surface area (TPSA) is 179 Å². The molecule has 2 aliphatic carbocycles. The Morgan fingerprint density at radius 3 is 1.62 bits per heavy atom. The zero-order valence-electron chi connectivity index (χ0n) is 40.1. The fourth-order valence-electron chi connectivity index (χ4n) is 8.84. The molecule has 2 N–H and O–H groups in total. The van der Waals surface area contributed by atoms with Crippen LogP contribution in [-0.2, 0) is 42.1 Å². The molecule has 2 heterocycles. The average Bonchev–Trinajstić information content (AvgIpc) is 3.86. The van der Waals surface area contributed by atoms with E-state index in [-0.39, 0.29) is 35.5 Å². The van der Waals surface area contributed by atoms with Crippen LogP contribution in [0.15, 0.2) is 57.4 Å². The largest absolute Gasteiger partial charge is 0.480 e. The third-order valence-corrected chi connectivity index (χ3v) is 16.6. The van der Waals surface area contributed by atoms with Gasteiger partial charge in [0.15, 0.2) is 15.1 Å². The first-order valence-corrected chi connectivity index (χ1v) is 27.0. The zero-order chi connectivity index (χ0) is 47.6. The predicted octanol–water partition coefficient (Wildman–Crippen LogP) is 12.3. The number of unbranched alkanes of at least 4 members (excludes halogenated alkanes) is 4. The molecule has 0 bridgehead atoms. The van der Waals surface area contributed by atoms with E-state index in [0.717, 1.165) is 117 Å². The van der Waals surface area contributed by atoms with E-state index in [1.807, 2.05) is 64.1 Å². The van der Waals surface area contributed by atoms with Crippen molar-refractivity contribution < 1.29 is 46.5 Å². The minimum absolute atomic E-state index is 0.0729. The number of nitrogens with zero attached hydrogens (tertiary/aromatic N) is 2. The molecule has 6 atom stereocenters. The standard InChI is InChI=1S/C26H37NO6S.C26H37NO4S/c1-4-5-6-10-24(26(28)29)34(30,31)17-20-8-7-9-22(15-20)32-16-23-19(3)33-25(27-23)21-13-11-18(2)12-14-21;1-4-5-6-10-24(26(28)29)32-17-20-8-7-9-22(15-20)30-16-23-19(3)31-25(27-23)21-13-11-18(2)12-14-21/h11-14,20,22,24H,4-10,15-17H2,1-3H3,(H,28,29);11-14,20,22,24H,4-10,15-17H2,1-3H3,(H,28,29). The number of ether oxygens (including phenoxy) is 2. The van der Waals surface area contributed by atoms with E-state index in [1.54, 1.807) is 11.8 Å². The van der Waals surface area contributed by atoms with E-state index in [9.17, 15) is 28.2 Å². The van der Waals surface area contributed by atoms with E-state index >= 15 is 0 Å². The lowest BCUT2D eigenvalue weighted by molar-refractivity contribution is -0.137. The third kappa shape index (κ3) is 16.7. The molecule has 0 amide bonds. The lowest BCUT2D eigenvalue weighted by Gasteiger charge is -2.29. The number of thioether (sulfide) groups is 1. The Balaban J connectivity index is 0.000000248. The molecular formula is C52H74N2O10S2. The van der Waals surface area contributed by atoms with E-state index in [4.69, 9.17) is 18.3 Å². The fraction of sp³-hybridized carbons (Fsp3) is 0.615. The quantitative estimate of drug-likeness (QED) is 0.0634. The van der Waals surface area contributed by atoms with Crippen molar-refractivity contribution in [2.45, 2.75) is 180 Å². The van der Waals surface area contributed by atoms with Crippen LogP contribution in [0.25, 0.3) is 22.9 Å². The second-order valence-electron chi connectivity index (χ2n) is 18.5. The molecule has 2 saturated carbocycles. The molecule has 2 fully saturated rings. The highest BCUT2D eigenvalue weighted by molar-refractivity contribution is 8.00. The molecule has 4 aromatic rings. The maximum atomic E-state index is 12.9. The van der Waals surface area contributed by atoms with Crippen molar-refractivity contribution in [2.24, 2.45) is 11.8 Å². The maximum absolute atomic E-state index is 12.9. The third-order valence-electron chi connectivity index (χ3n) is 12.9. The number of carbonyl (C=O) groups is 2. The Morgan fingerprint density at radius 2 is 1.15 bits per heavy atom. The van der Waals surface area contributed by atoms with Gasteiger partial charge in [0, 0.05) is 11.1 Å². The molecule has 14 heteroatoms. The number of rotatable bonds is 24. The first kappa shape index (κ1) is 53.0. The zero-order valence-corrected chi connectivity index (χ0v) is 41.7. The van der Waals surface area contributed by atoms with Gasteiger partial charge in [-0.15, -0.1) is 11.8 Å². The van der Waals surface area contributed by atoms with Crippen molar-refractivity contribution in [2.75, 3.05) is 11.5 Å². The second kappa shape index (κ2) is 26.5. The van der Waals surface area contributed by atoms with Gasteiger partial charge in [-0.1, -0.05) is 101 Å². The first-order chi connectivity index (χ1) is 31.6. The average molecular weight is 951 g/mol. The molecule has 2 aromatic heterocycles. The predicted molar refractivity (Wildman–Crippen MR) is 261 cm³/mol. The smallest absolute Gasteiger partial charge is 0.321 e. The number of benzene rings is 2. The summed E-state index contributed by atoms with van der Waals surface area (Å²) in [6.07, 6.45) is 14.2. The molecule has 0 saturated heterocycles. The highest BCUT2D eigenvalue weighted by atomic mass is 32.2. The van der Waals surface area contributed by atoms with Gasteiger partial charge in [-0.3, -0.25) is 9.59 Å². The summed E-state index contributed by atoms with van der Waals surface area (Å²) in [6.45, 7) is 12.8. The monoisotopic (exact) mass is 950 g/mol. The van der Waals surface area contributed by atoms with Crippen LogP contribution in [-0.4, -0.2) is 74.8 Å². The van der Waals surface area contributed by atoms with Gasteiger partial charge in [-0.05, 0) is 121 Å². The Hall–Kier alpha value is -3.98. The highest BCUT2D eigenvalue weighted by Crippen LogP contribution is 2.34. The van der Waals surface area contributed by atoms with Crippen LogP contribution >= 0.6 is 11.8 Å². The number of aliphatic carboxylic acids is 2. The normalized spacial score (nSPS) is 19.7. The lowest BCUT2D eigenvalue weighted by atomic mass is 9.88. The molecule has 66 heavy (non-hydrogen) atoms. The molecule has 0 radical (unpaired) electrons. The number of hydrogen-bond donors (Lipinski definition) is 2. The Labute approximate surface area is 397 Å². The minimum atomic E-state index is -3.71. The Bertz CT molecular complexity index is 2200. The number of hydrogen-bond acceptors (Lipinski definition) is 11. The van der Waals surface area contributed by atoms with Crippen molar-refractivity contribution >= 4 is 33.5 Å². The second-order valence-corrected chi connectivity index (χ2v) is 22.0. The molecule has 2 aromatic carbocycles. The van der Waals surface area contributed by atoms with E-state index in [2.05, 4.69) is 35.9 Å². The van der Waals surface area contributed by atoms with Crippen LogP contribution in [0.2, 0.25) is 0 Å². The molecule has 0 aliphatic heterocycles. The summed E-state index contributed by atoms with van der Waals surface area (Å²) >= 11 is 1.63. The fourth-order valence-corrected chi connectivity index (χ4v) is 12.1. The van der Waals surface area contributed by atoms with Crippen LogP contribution < -0.4 is 0 Å². The molecular weight excluding hydrogens is 877 g/mol. The van der Waals surface area contributed by atoms with Crippen molar-refractivity contribution in [1.29, 1.82) is 0 Å². The summed E-state index contributed by atoms with van der Waals surface area (Å²) in [5, 5.41) is 17.4. The maximum Gasteiger partial charge on any atom is 0.321 e. The molecule has 6 rings (SSSR count). The van der Waals surface area contributed by atoms with Gasteiger partial charge < -0.3 is 28.5 Å². The number of sulfone groups is 1. The van der Waals surface area contributed by atoms with E-state index < -0.39 is 27.0 Å². The summed E-state index contributed by atoms with van der Waals surface area (Å²) in [6, 6.07) is 16.2. The van der Waals surface area contributed by atoms with Crippen LogP contribution in [0.5, 0.6) is 0 Å². The van der Waals surface area contributed by atoms with Gasteiger partial charge in [-0.2, -0.15) is 0 Å². The molecule has 12 nitrogen and oxygen atoms in total. The summed E-state index contributed by atoms with van der Waals surface area (Å²) in [5.74, 6) is 2.08. The SMILES string of the molecule is CCCCCC(C(=O)O)S(=O)(=O)CC1CCCC(OCc2nc(-c3ccc(C)cc3)oc2C)C1.CCCCCC(SCC1CCCC(OCc2nc(-c3ccc(C)cc3)oc2C)C1)C(=O)O. The van der Waals surface area contributed by atoms with Crippen LogP contribution in [0.3, 0.4) is 0 Å². The van der Waals surface area contributed by atoms with Gasteiger partial charge in [0.25, 0.3) is 0 Å². The van der Waals surface area contributed by atoms with E-state index in [0.29, 0.717) is 49.5 Å².